The molecule has 6 nitrogen and oxygen atoms in total. The van der Waals surface area contributed by atoms with E-state index in [0.29, 0.717) is 0 Å². The van der Waals surface area contributed by atoms with Crippen LogP contribution >= 0.6 is 23.1 Å². The van der Waals surface area contributed by atoms with Crippen LogP contribution in [0, 0.1) is 0 Å². The molecule has 4 aromatic rings. The van der Waals surface area contributed by atoms with Crippen LogP contribution in [0.4, 0.5) is 0 Å². The van der Waals surface area contributed by atoms with Crippen molar-refractivity contribution in [3.8, 4) is 16.5 Å². The third kappa shape index (κ3) is 3.24. The second-order valence-corrected chi connectivity index (χ2v) is 6.80. The molecule has 0 atom stereocenters. The van der Waals surface area contributed by atoms with Crippen molar-refractivity contribution in [2.45, 2.75) is 11.5 Å². The van der Waals surface area contributed by atoms with E-state index in [9.17, 15) is 0 Å². The molecule has 0 aliphatic rings. The molecule has 0 bridgehead atoms. The molecule has 0 unspecified atom stereocenters. The molecule has 0 spiro atoms. The van der Waals surface area contributed by atoms with Crippen molar-refractivity contribution >= 4 is 23.1 Å². The van der Waals surface area contributed by atoms with E-state index in [1.165, 1.54) is 0 Å². The summed E-state index contributed by atoms with van der Waals surface area (Å²) in [6.45, 7) is 0. The molecule has 0 aliphatic heterocycles. The molecule has 0 N–H and O–H groups in total. The fourth-order valence-corrected chi connectivity index (χ4v) is 3.91. The van der Waals surface area contributed by atoms with E-state index in [0.717, 1.165) is 39.5 Å². The van der Waals surface area contributed by atoms with Crippen LogP contribution in [-0.4, -0.2) is 25.2 Å². The number of tetrazole rings is 1. The maximum Gasteiger partial charge on any atom is 0.166 e. The lowest BCUT2D eigenvalue weighted by atomic mass is 10.3. The maximum absolute atomic E-state index is 5.37. The number of benzene rings is 1. The van der Waals surface area contributed by atoms with Crippen LogP contribution in [-0.2, 0) is 11.5 Å². The van der Waals surface area contributed by atoms with Gasteiger partial charge in [-0.25, -0.2) is 4.98 Å². The van der Waals surface area contributed by atoms with Crippen molar-refractivity contribution in [2.24, 2.45) is 0 Å². The summed E-state index contributed by atoms with van der Waals surface area (Å²) in [5.41, 5.74) is 2.00. The molecule has 1 aromatic carbocycles. The fourth-order valence-electron chi connectivity index (χ4n) is 2.20. The summed E-state index contributed by atoms with van der Waals surface area (Å²) in [6.07, 6.45) is 1.66. The molecule has 0 saturated heterocycles. The average Bonchev–Trinajstić information content (AvgIpc) is 3.37. The minimum Gasteiger partial charge on any atom is -0.462 e. The lowest BCUT2D eigenvalue weighted by molar-refractivity contribution is 0.581. The predicted octanol–water partition coefficient (Wildman–Crippen LogP) is 3.81. The largest absolute Gasteiger partial charge is 0.462 e. The molecular weight excluding hydrogens is 342 g/mol. The lowest BCUT2D eigenvalue weighted by Crippen LogP contribution is -2.02. The number of thioether (sulfide) groups is 1. The average molecular weight is 355 g/mol. The van der Waals surface area contributed by atoms with Gasteiger partial charge >= 0.3 is 0 Å². The van der Waals surface area contributed by atoms with Gasteiger partial charge in [0.1, 0.15) is 0 Å². The zero-order valence-electron chi connectivity index (χ0n) is 12.6. The molecule has 0 radical (unpaired) electrons. The van der Waals surface area contributed by atoms with Crippen molar-refractivity contribution in [3.63, 3.8) is 0 Å². The second-order valence-electron chi connectivity index (χ2n) is 4.96. The predicted molar refractivity (Wildman–Crippen MR) is 94.0 cm³/mol. The molecule has 8 heteroatoms. The van der Waals surface area contributed by atoms with Gasteiger partial charge in [0.15, 0.2) is 16.6 Å². The molecule has 24 heavy (non-hydrogen) atoms. The van der Waals surface area contributed by atoms with E-state index in [1.54, 1.807) is 34.0 Å². The number of hydrogen-bond donors (Lipinski definition) is 0. The zero-order chi connectivity index (χ0) is 16.2. The van der Waals surface area contributed by atoms with Gasteiger partial charge in [-0.15, -0.1) is 28.2 Å². The molecular formula is C16H13N5OS2. The van der Waals surface area contributed by atoms with Gasteiger partial charge in [-0.1, -0.05) is 18.2 Å². The Hall–Kier alpha value is -2.45. The van der Waals surface area contributed by atoms with Gasteiger partial charge in [0.05, 0.1) is 23.4 Å². The SMILES string of the molecule is c1ccc(-n2nnnc2CSCc2csc(-c3ccco3)n2)cc1. The van der Waals surface area contributed by atoms with Crippen molar-refractivity contribution < 1.29 is 4.42 Å². The van der Waals surface area contributed by atoms with Crippen molar-refractivity contribution in [1.29, 1.82) is 0 Å². The quantitative estimate of drug-likeness (QED) is 0.524. The highest BCUT2D eigenvalue weighted by Gasteiger charge is 2.10. The summed E-state index contributed by atoms with van der Waals surface area (Å²) in [4.78, 5) is 4.60. The van der Waals surface area contributed by atoms with E-state index >= 15 is 0 Å². The van der Waals surface area contributed by atoms with Crippen LogP contribution in [0.5, 0.6) is 0 Å². The van der Waals surface area contributed by atoms with E-state index in [2.05, 4.69) is 25.9 Å². The molecule has 0 saturated carbocycles. The Kier molecular flexibility index (Phi) is 4.39. The van der Waals surface area contributed by atoms with Crippen LogP contribution in [0.1, 0.15) is 11.5 Å². The highest BCUT2D eigenvalue weighted by molar-refractivity contribution is 7.97. The van der Waals surface area contributed by atoms with Gasteiger partial charge in [-0.05, 0) is 34.7 Å². The number of thiazole rings is 1. The smallest absolute Gasteiger partial charge is 0.166 e. The summed E-state index contributed by atoms with van der Waals surface area (Å²) in [7, 11) is 0. The monoisotopic (exact) mass is 355 g/mol. The fraction of sp³-hybridized carbons (Fsp3) is 0.125. The van der Waals surface area contributed by atoms with Crippen molar-refractivity contribution in [3.05, 3.63) is 65.6 Å². The second kappa shape index (κ2) is 6.98. The number of nitrogens with zero attached hydrogens (tertiary/aromatic N) is 5. The number of furan rings is 1. The molecule has 0 fully saturated rings. The summed E-state index contributed by atoms with van der Waals surface area (Å²) in [6, 6.07) is 13.7. The first-order chi connectivity index (χ1) is 11.9. The molecule has 3 aromatic heterocycles. The first-order valence-corrected chi connectivity index (χ1v) is 9.32. The van der Waals surface area contributed by atoms with Crippen LogP contribution in [0.25, 0.3) is 16.5 Å². The van der Waals surface area contributed by atoms with Crippen molar-refractivity contribution in [2.75, 3.05) is 0 Å². The Morgan fingerprint density at radius 2 is 2.00 bits per heavy atom. The third-order valence-corrected chi connectivity index (χ3v) is 5.17. The van der Waals surface area contributed by atoms with E-state index in [-0.39, 0.29) is 0 Å². The molecule has 120 valence electrons. The molecule has 0 aliphatic carbocycles. The summed E-state index contributed by atoms with van der Waals surface area (Å²) in [5.74, 6) is 3.16. The molecule has 3 heterocycles. The zero-order valence-corrected chi connectivity index (χ0v) is 14.2. The summed E-state index contributed by atoms with van der Waals surface area (Å²) < 4.78 is 7.14. The number of para-hydroxylation sites is 1. The highest BCUT2D eigenvalue weighted by Crippen LogP contribution is 2.26. The van der Waals surface area contributed by atoms with Gasteiger partial charge in [-0.2, -0.15) is 4.68 Å². The first-order valence-electron chi connectivity index (χ1n) is 7.29. The molecule has 4 rings (SSSR count). The van der Waals surface area contributed by atoms with Gasteiger partial charge < -0.3 is 4.42 Å². The van der Waals surface area contributed by atoms with Crippen molar-refractivity contribution in [1.82, 2.24) is 25.2 Å². The number of hydrogen-bond acceptors (Lipinski definition) is 7. The maximum atomic E-state index is 5.37. The standard InChI is InChI=1S/C16H13N5OS2/c1-2-5-13(6-3-1)21-15(18-19-20-21)11-23-9-12-10-24-16(17-12)14-7-4-8-22-14/h1-8,10H,9,11H2. The van der Waals surface area contributed by atoms with E-state index < -0.39 is 0 Å². The van der Waals surface area contributed by atoms with E-state index in [4.69, 9.17) is 4.42 Å². The minimum atomic E-state index is 0.718. The van der Waals surface area contributed by atoms with Gasteiger partial charge in [0, 0.05) is 11.1 Å². The number of aromatic nitrogens is 5. The van der Waals surface area contributed by atoms with E-state index in [1.807, 2.05) is 42.5 Å². The van der Waals surface area contributed by atoms with Crippen LogP contribution in [0.2, 0.25) is 0 Å². The van der Waals surface area contributed by atoms with Crippen LogP contribution in [0.3, 0.4) is 0 Å². The minimum absolute atomic E-state index is 0.718. The Morgan fingerprint density at radius 1 is 1.08 bits per heavy atom. The Bertz CT molecular complexity index is 902. The van der Waals surface area contributed by atoms with Gasteiger partial charge in [0.2, 0.25) is 0 Å². The van der Waals surface area contributed by atoms with Gasteiger partial charge in [0.25, 0.3) is 0 Å². The Balaban J connectivity index is 1.39. The Morgan fingerprint density at radius 3 is 2.83 bits per heavy atom. The normalized spacial score (nSPS) is 11.0. The topological polar surface area (TPSA) is 69.6 Å². The Labute approximate surface area is 146 Å². The van der Waals surface area contributed by atoms with Crippen LogP contribution < -0.4 is 0 Å². The summed E-state index contributed by atoms with van der Waals surface area (Å²) in [5, 5.41) is 14.9. The number of rotatable bonds is 6. The lowest BCUT2D eigenvalue weighted by Gasteiger charge is -2.03. The highest BCUT2D eigenvalue weighted by atomic mass is 32.2. The van der Waals surface area contributed by atoms with Gasteiger partial charge in [-0.3, -0.25) is 0 Å². The molecule has 0 amide bonds. The van der Waals surface area contributed by atoms with Crippen LogP contribution in [0.15, 0.2) is 58.5 Å². The third-order valence-electron chi connectivity index (χ3n) is 3.30. The summed E-state index contributed by atoms with van der Waals surface area (Å²) >= 11 is 3.33. The first kappa shape index (κ1) is 15.1.